The van der Waals surface area contributed by atoms with E-state index in [4.69, 9.17) is 11.6 Å². The van der Waals surface area contributed by atoms with E-state index in [0.717, 1.165) is 4.90 Å². The minimum absolute atomic E-state index is 0.0433. The number of nitrogens with zero attached hydrogens (tertiary/aromatic N) is 1. The second-order valence-corrected chi connectivity index (χ2v) is 10.5. The molecule has 0 aliphatic rings. The summed E-state index contributed by atoms with van der Waals surface area (Å²) in [6.07, 6.45) is 1.56. The minimum atomic E-state index is -0.521. The van der Waals surface area contributed by atoms with Crippen LogP contribution in [0, 0.1) is 17.0 Å². The van der Waals surface area contributed by atoms with Gasteiger partial charge in [-0.25, -0.2) is 0 Å². The molecule has 0 spiro atoms. The van der Waals surface area contributed by atoms with Crippen molar-refractivity contribution in [3.05, 3.63) is 135 Å². The molecule has 4 aromatic rings. The fourth-order valence-electron chi connectivity index (χ4n) is 3.74. The average molecular weight is 601 g/mol. The second kappa shape index (κ2) is 14.1. The van der Waals surface area contributed by atoms with Gasteiger partial charge in [0, 0.05) is 39.0 Å². The normalized spacial score (nSPS) is 11.0. The lowest BCUT2D eigenvalue weighted by molar-refractivity contribution is -0.384. The molecular weight excluding hydrogens is 576 g/mol. The zero-order valence-corrected chi connectivity index (χ0v) is 23.9. The van der Waals surface area contributed by atoms with Gasteiger partial charge in [0.2, 0.25) is 5.91 Å². The molecule has 0 heterocycles. The first-order chi connectivity index (χ1) is 20.2. The number of non-ortho nitro benzene ring substituents is 1. The van der Waals surface area contributed by atoms with Crippen LogP contribution in [0.15, 0.2) is 108 Å². The Balaban J connectivity index is 1.38. The van der Waals surface area contributed by atoms with Gasteiger partial charge < -0.3 is 16.0 Å². The van der Waals surface area contributed by atoms with Crippen LogP contribution in [0.3, 0.4) is 0 Å². The Morgan fingerprint density at radius 1 is 0.905 bits per heavy atom. The lowest BCUT2D eigenvalue weighted by atomic mass is 10.1. The molecule has 3 N–H and O–H groups in total. The monoisotopic (exact) mass is 600 g/mol. The molecule has 0 atom stereocenters. The number of carbonyl (C=O) groups excluding carboxylic acids is 3. The highest BCUT2D eigenvalue weighted by Gasteiger charge is 2.16. The SMILES string of the molecule is Cc1cc([N+](=O)[O-])ccc1NC(=O)CSc1ccc(NC(=O)/C(=C/c2ccc(Cl)cc2)NC(=O)c2ccccc2)cc1. The Hall–Kier alpha value is -4.93. The van der Waals surface area contributed by atoms with Crippen molar-refractivity contribution in [2.24, 2.45) is 0 Å². The fourth-order valence-corrected chi connectivity index (χ4v) is 4.56. The van der Waals surface area contributed by atoms with E-state index >= 15 is 0 Å². The largest absolute Gasteiger partial charge is 0.325 e. The van der Waals surface area contributed by atoms with E-state index in [1.165, 1.54) is 30.0 Å². The molecule has 0 radical (unpaired) electrons. The predicted molar refractivity (Wildman–Crippen MR) is 166 cm³/mol. The van der Waals surface area contributed by atoms with E-state index < -0.39 is 16.7 Å². The Morgan fingerprint density at radius 2 is 1.60 bits per heavy atom. The second-order valence-electron chi connectivity index (χ2n) is 9.00. The average Bonchev–Trinajstić information content (AvgIpc) is 2.99. The number of nitro benzene ring substituents is 1. The predicted octanol–water partition coefficient (Wildman–Crippen LogP) is 6.70. The topological polar surface area (TPSA) is 130 Å². The summed E-state index contributed by atoms with van der Waals surface area (Å²) in [5.41, 5.74) is 2.67. The molecule has 11 heteroatoms. The molecule has 0 aliphatic heterocycles. The molecule has 212 valence electrons. The molecule has 0 saturated heterocycles. The van der Waals surface area contributed by atoms with Gasteiger partial charge in [0.1, 0.15) is 5.70 Å². The number of rotatable bonds is 10. The van der Waals surface area contributed by atoms with E-state index in [-0.39, 0.29) is 23.0 Å². The Morgan fingerprint density at radius 3 is 2.24 bits per heavy atom. The molecule has 0 fully saturated rings. The molecule has 0 aromatic heterocycles. The first-order valence-electron chi connectivity index (χ1n) is 12.6. The summed E-state index contributed by atoms with van der Waals surface area (Å²) in [6, 6.07) is 26.5. The highest BCUT2D eigenvalue weighted by Crippen LogP contribution is 2.24. The van der Waals surface area contributed by atoms with Crippen molar-refractivity contribution < 1.29 is 19.3 Å². The van der Waals surface area contributed by atoms with Gasteiger partial charge >= 0.3 is 0 Å². The van der Waals surface area contributed by atoms with E-state index in [0.29, 0.717) is 33.1 Å². The van der Waals surface area contributed by atoms with Gasteiger partial charge in [-0.05, 0) is 78.7 Å². The van der Waals surface area contributed by atoms with Gasteiger partial charge in [0.05, 0.1) is 10.7 Å². The van der Waals surface area contributed by atoms with Crippen molar-refractivity contribution in [2.75, 3.05) is 16.4 Å². The van der Waals surface area contributed by atoms with Gasteiger partial charge in [-0.2, -0.15) is 0 Å². The lowest BCUT2D eigenvalue weighted by Gasteiger charge is -2.12. The van der Waals surface area contributed by atoms with Gasteiger partial charge in [0.15, 0.2) is 0 Å². The van der Waals surface area contributed by atoms with Crippen LogP contribution >= 0.6 is 23.4 Å². The van der Waals surface area contributed by atoms with Crippen molar-refractivity contribution in [3.63, 3.8) is 0 Å². The standard InChI is InChI=1S/C31H25ClN4O5S/c1-20-17-25(36(40)41)13-16-27(20)34-29(37)19-42-26-14-11-24(12-15-26)33-31(39)28(18-21-7-9-23(32)10-8-21)35-30(38)22-5-3-2-4-6-22/h2-18H,19H2,1H3,(H,33,39)(H,34,37)(H,35,38)/b28-18-. The fraction of sp³-hybridized carbons (Fsp3) is 0.0645. The van der Waals surface area contributed by atoms with Crippen LogP contribution in [0.25, 0.3) is 6.08 Å². The highest BCUT2D eigenvalue weighted by atomic mass is 35.5. The molecule has 3 amide bonds. The van der Waals surface area contributed by atoms with E-state index in [9.17, 15) is 24.5 Å². The zero-order valence-electron chi connectivity index (χ0n) is 22.3. The molecular formula is C31H25ClN4O5S. The smallest absolute Gasteiger partial charge is 0.272 e. The molecule has 9 nitrogen and oxygen atoms in total. The molecule has 0 aliphatic carbocycles. The van der Waals surface area contributed by atoms with Gasteiger partial charge in [-0.3, -0.25) is 24.5 Å². The van der Waals surface area contributed by atoms with E-state index in [2.05, 4.69) is 16.0 Å². The number of halogens is 1. The van der Waals surface area contributed by atoms with Crippen molar-refractivity contribution in [2.45, 2.75) is 11.8 Å². The minimum Gasteiger partial charge on any atom is -0.325 e. The number of nitrogens with one attached hydrogen (secondary N) is 3. The van der Waals surface area contributed by atoms with Crippen LogP contribution in [0.2, 0.25) is 5.02 Å². The Kier molecular flexibility index (Phi) is 10.1. The molecule has 0 saturated carbocycles. The molecule has 4 aromatic carbocycles. The Labute approximate surface area is 251 Å². The quantitative estimate of drug-likeness (QED) is 0.0804. The summed E-state index contributed by atoms with van der Waals surface area (Å²) in [4.78, 5) is 49.6. The summed E-state index contributed by atoms with van der Waals surface area (Å²) < 4.78 is 0. The summed E-state index contributed by atoms with van der Waals surface area (Å²) in [7, 11) is 0. The summed E-state index contributed by atoms with van der Waals surface area (Å²) in [6.45, 7) is 1.69. The molecule has 0 unspecified atom stereocenters. The number of hydrogen-bond donors (Lipinski definition) is 3. The van der Waals surface area contributed by atoms with Crippen LogP contribution in [0.1, 0.15) is 21.5 Å². The molecule has 0 bridgehead atoms. The van der Waals surface area contributed by atoms with Crippen molar-refractivity contribution >= 4 is 64.2 Å². The van der Waals surface area contributed by atoms with Crippen LogP contribution in [0.4, 0.5) is 17.1 Å². The first-order valence-corrected chi connectivity index (χ1v) is 14.0. The number of amides is 3. The number of anilines is 2. The highest BCUT2D eigenvalue weighted by molar-refractivity contribution is 8.00. The summed E-state index contributed by atoms with van der Waals surface area (Å²) >= 11 is 7.27. The summed E-state index contributed by atoms with van der Waals surface area (Å²) in [5.74, 6) is -1.10. The molecule has 42 heavy (non-hydrogen) atoms. The van der Waals surface area contributed by atoms with Crippen molar-refractivity contribution in [1.82, 2.24) is 5.32 Å². The Bertz CT molecular complexity index is 1640. The summed E-state index contributed by atoms with van der Waals surface area (Å²) in [5, 5.41) is 19.7. The van der Waals surface area contributed by atoms with Gasteiger partial charge in [0.25, 0.3) is 17.5 Å². The van der Waals surface area contributed by atoms with E-state index in [1.54, 1.807) is 91.9 Å². The third-order valence-electron chi connectivity index (χ3n) is 5.89. The number of hydrogen-bond acceptors (Lipinski definition) is 6. The van der Waals surface area contributed by atoms with Crippen molar-refractivity contribution in [1.29, 1.82) is 0 Å². The van der Waals surface area contributed by atoms with Crippen LogP contribution in [0.5, 0.6) is 0 Å². The van der Waals surface area contributed by atoms with Crippen LogP contribution < -0.4 is 16.0 Å². The number of thioether (sulfide) groups is 1. The van der Waals surface area contributed by atoms with Crippen molar-refractivity contribution in [3.8, 4) is 0 Å². The van der Waals surface area contributed by atoms with Crippen LogP contribution in [-0.4, -0.2) is 28.4 Å². The third-order valence-corrected chi connectivity index (χ3v) is 7.15. The lowest BCUT2D eigenvalue weighted by Crippen LogP contribution is -2.30. The van der Waals surface area contributed by atoms with Gasteiger partial charge in [-0.15, -0.1) is 11.8 Å². The zero-order chi connectivity index (χ0) is 30.1. The maximum Gasteiger partial charge on any atom is 0.272 e. The third kappa shape index (κ3) is 8.53. The number of benzene rings is 4. The maximum atomic E-state index is 13.2. The number of carbonyl (C=O) groups is 3. The first kappa shape index (κ1) is 30.0. The number of aryl methyl sites for hydroxylation is 1. The molecule has 4 rings (SSSR count). The van der Waals surface area contributed by atoms with Crippen LogP contribution in [-0.2, 0) is 9.59 Å². The van der Waals surface area contributed by atoms with E-state index in [1.807, 2.05) is 0 Å². The number of nitro groups is 1. The maximum absolute atomic E-state index is 13.2. The van der Waals surface area contributed by atoms with Gasteiger partial charge in [-0.1, -0.05) is 41.9 Å².